The second-order valence-electron chi connectivity index (χ2n) is 11.1. The zero-order valence-electron chi connectivity index (χ0n) is 24.7. The van der Waals surface area contributed by atoms with Crippen LogP contribution in [0, 0.1) is 10.8 Å². The Morgan fingerprint density at radius 1 is 0.971 bits per heavy atom. The molecular formula is C26H57N3O4P2. The van der Waals surface area contributed by atoms with Gasteiger partial charge in [-0.25, -0.2) is 0 Å². The summed E-state index contributed by atoms with van der Waals surface area (Å²) in [5, 5.41) is 7.99. The highest BCUT2D eigenvalue weighted by atomic mass is 31.0. The molecule has 0 bridgehead atoms. The summed E-state index contributed by atoms with van der Waals surface area (Å²) in [7, 11) is 7.23. The molecule has 4 unspecified atom stereocenters. The van der Waals surface area contributed by atoms with Gasteiger partial charge in [0.05, 0.1) is 11.8 Å². The van der Waals surface area contributed by atoms with Gasteiger partial charge in [-0.05, 0) is 56.5 Å². The monoisotopic (exact) mass is 537 g/mol. The first-order chi connectivity index (χ1) is 15.8. The molecule has 0 aromatic rings. The Morgan fingerprint density at radius 3 is 1.89 bits per heavy atom. The molecule has 35 heavy (non-hydrogen) atoms. The fraction of sp³-hybridized carbons (Fsp3) is 0.885. The largest absolute Gasteiger partial charge is 0.385 e. The van der Waals surface area contributed by atoms with Gasteiger partial charge in [0.2, 0.25) is 18.2 Å². The smallest absolute Gasteiger partial charge is 0.239 e. The van der Waals surface area contributed by atoms with E-state index >= 15 is 0 Å². The minimum absolute atomic E-state index is 0.0398. The number of carbonyl (C=O) groups excluding carboxylic acids is 3. The Morgan fingerprint density at radius 2 is 1.49 bits per heavy atom. The average molecular weight is 538 g/mol. The van der Waals surface area contributed by atoms with Gasteiger partial charge in [0.15, 0.2) is 0 Å². The number of amides is 3. The highest BCUT2D eigenvalue weighted by Crippen LogP contribution is 2.47. The Kier molecular flexibility index (Phi) is 20.5. The van der Waals surface area contributed by atoms with Gasteiger partial charge < -0.3 is 20.7 Å². The molecule has 0 fully saturated rings. The molecule has 9 heteroatoms. The van der Waals surface area contributed by atoms with Crippen molar-refractivity contribution in [3.05, 3.63) is 0 Å². The Hall–Kier alpha value is -0.770. The number of nitrogens with one attached hydrogen (secondary N) is 3. The number of rotatable bonds is 14. The van der Waals surface area contributed by atoms with E-state index in [1.165, 1.54) is 0 Å². The SMILES string of the molecule is CC.CC(P)CC(C)(C)NC(=O)CNC=O.CCC(=O)NC(C)(P)CC(C)(C)C(C)(C)CCOC. The Bertz CT molecular complexity index is 607. The van der Waals surface area contributed by atoms with Crippen molar-refractivity contribution in [2.24, 2.45) is 10.8 Å². The maximum Gasteiger partial charge on any atom is 0.239 e. The van der Waals surface area contributed by atoms with Crippen LogP contribution in [-0.2, 0) is 19.1 Å². The third kappa shape index (κ3) is 20.0. The van der Waals surface area contributed by atoms with Crippen LogP contribution in [0.15, 0.2) is 0 Å². The van der Waals surface area contributed by atoms with Crippen molar-refractivity contribution >= 4 is 36.7 Å². The predicted octanol–water partition coefficient (Wildman–Crippen LogP) is 4.89. The van der Waals surface area contributed by atoms with E-state index in [1.54, 1.807) is 7.11 Å². The second kappa shape index (κ2) is 18.5. The highest BCUT2D eigenvalue weighted by molar-refractivity contribution is 7.18. The van der Waals surface area contributed by atoms with Gasteiger partial charge in [-0.2, -0.15) is 0 Å². The van der Waals surface area contributed by atoms with Gasteiger partial charge in [-0.1, -0.05) is 55.4 Å². The van der Waals surface area contributed by atoms with Crippen LogP contribution in [0.3, 0.4) is 0 Å². The molecule has 0 saturated heterocycles. The van der Waals surface area contributed by atoms with E-state index < -0.39 is 0 Å². The molecule has 7 nitrogen and oxygen atoms in total. The van der Waals surface area contributed by atoms with Crippen LogP contribution in [-0.4, -0.2) is 55.0 Å². The summed E-state index contributed by atoms with van der Waals surface area (Å²) in [6.45, 7) is 23.8. The van der Waals surface area contributed by atoms with Crippen LogP contribution in [0.2, 0.25) is 0 Å². The van der Waals surface area contributed by atoms with Gasteiger partial charge in [0.25, 0.3) is 0 Å². The molecule has 0 aromatic carbocycles. The molecule has 0 aliphatic rings. The number of ether oxygens (including phenoxy) is 1. The van der Waals surface area contributed by atoms with Crippen molar-refractivity contribution in [2.75, 3.05) is 20.3 Å². The van der Waals surface area contributed by atoms with Crippen molar-refractivity contribution in [3.8, 4) is 0 Å². The highest BCUT2D eigenvalue weighted by Gasteiger charge is 2.40. The minimum atomic E-state index is -0.263. The first-order valence-electron chi connectivity index (χ1n) is 12.7. The van der Waals surface area contributed by atoms with Crippen LogP contribution < -0.4 is 16.0 Å². The van der Waals surface area contributed by atoms with E-state index in [0.29, 0.717) is 18.5 Å². The fourth-order valence-corrected chi connectivity index (χ4v) is 4.98. The van der Waals surface area contributed by atoms with Crippen LogP contribution in [0.4, 0.5) is 0 Å². The summed E-state index contributed by atoms with van der Waals surface area (Å²) in [5.74, 6) is -0.0595. The van der Waals surface area contributed by atoms with Gasteiger partial charge in [-0.15, -0.1) is 18.5 Å². The molecule has 210 valence electrons. The lowest BCUT2D eigenvalue weighted by Gasteiger charge is -2.46. The second-order valence-corrected chi connectivity index (χ2v) is 13.5. The average Bonchev–Trinajstić information content (AvgIpc) is 2.69. The van der Waals surface area contributed by atoms with Gasteiger partial charge in [0, 0.05) is 25.7 Å². The molecule has 0 radical (unpaired) electrons. The van der Waals surface area contributed by atoms with Crippen molar-refractivity contribution in [1.29, 1.82) is 0 Å². The maximum atomic E-state index is 11.6. The molecule has 3 amide bonds. The van der Waals surface area contributed by atoms with Crippen LogP contribution in [0.5, 0.6) is 0 Å². The van der Waals surface area contributed by atoms with Gasteiger partial charge >= 0.3 is 0 Å². The minimum Gasteiger partial charge on any atom is -0.385 e. The zero-order valence-corrected chi connectivity index (χ0v) is 27.0. The molecule has 0 rings (SSSR count). The van der Waals surface area contributed by atoms with Crippen molar-refractivity contribution in [2.45, 2.75) is 118 Å². The predicted molar refractivity (Wildman–Crippen MR) is 157 cm³/mol. The third-order valence-corrected chi connectivity index (χ3v) is 6.56. The van der Waals surface area contributed by atoms with E-state index in [-0.39, 0.29) is 40.0 Å². The maximum absolute atomic E-state index is 11.6. The van der Waals surface area contributed by atoms with E-state index in [4.69, 9.17) is 4.74 Å². The lowest BCUT2D eigenvalue weighted by Crippen LogP contribution is -2.47. The van der Waals surface area contributed by atoms with Crippen molar-refractivity contribution in [1.82, 2.24) is 16.0 Å². The van der Waals surface area contributed by atoms with Crippen molar-refractivity contribution < 1.29 is 19.1 Å². The molecule has 0 aliphatic heterocycles. The normalized spacial score (nSPS) is 14.1. The summed E-state index contributed by atoms with van der Waals surface area (Å²) in [5.41, 5.74) is 0.466. The lowest BCUT2D eigenvalue weighted by atomic mass is 9.63. The summed E-state index contributed by atoms with van der Waals surface area (Å²) in [6.07, 6.45) is 3.85. The topological polar surface area (TPSA) is 96.5 Å². The molecule has 4 atom stereocenters. The summed E-state index contributed by atoms with van der Waals surface area (Å²) in [4.78, 5) is 32.8. The van der Waals surface area contributed by atoms with Crippen molar-refractivity contribution in [3.63, 3.8) is 0 Å². The van der Waals surface area contributed by atoms with Crippen LogP contribution in [0.25, 0.3) is 0 Å². The van der Waals surface area contributed by atoms with Gasteiger partial charge in [-0.3, -0.25) is 14.4 Å². The Balaban J connectivity index is -0.000000568. The number of hydrogen-bond acceptors (Lipinski definition) is 4. The first-order valence-corrected chi connectivity index (χ1v) is 13.9. The number of methoxy groups -OCH3 is 1. The molecular weight excluding hydrogens is 480 g/mol. The van der Waals surface area contributed by atoms with Crippen LogP contribution >= 0.6 is 18.5 Å². The standard InChI is InChI=1S/C15H32NO2P.C9H19N2O2P.C2H6/c1-8-12(17)16-15(6,19)11-14(4,5)13(2,3)9-10-18-7;1-7(14)4-9(2,3)11-8(13)5-10-6-12;1-2/h8-11,19H2,1-7H3,(H,16,17);6-7H,4-5,14H2,1-3H3,(H,10,12)(H,11,13);1-2H3. The van der Waals surface area contributed by atoms with E-state index in [0.717, 1.165) is 25.9 Å². The quantitative estimate of drug-likeness (QED) is 0.217. The fourth-order valence-electron chi connectivity index (χ4n) is 3.72. The van der Waals surface area contributed by atoms with E-state index in [2.05, 4.69) is 76.0 Å². The summed E-state index contributed by atoms with van der Waals surface area (Å²) in [6, 6.07) is 0. The number of hydrogen-bond donors (Lipinski definition) is 3. The molecule has 0 aliphatic carbocycles. The Labute approximate surface area is 221 Å². The van der Waals surface area contributed by atoms with E-state index in [9.17, 15) is 14.4 Å². The summed E-state index contributed by atoms with van der Waals surface area (Å²) < 4.78 is 5.21. The third-order valence-electron chi connectivity index (χ3n) is 5.97. The summed E-state index contributed by atoms with van der Waals surface area (Å²) >= 11 is 0. The number of carbonyl (C=O) groups is 3. The molecule has 0 heterocycles. The van der Waals surface area contributed by atoms with Gasteiger partial charge in [0.1, 0.15) is 0 Å². The first kappa shape index (κ1) is 38.8. The molecule has 3 N–H and O–H groups in total. The lowest BCUT2D eigenvalue weighted by molar-refractivity contribution is -0.123. The van der Waals surface area contributed by atoms with E-state index in [1.807, 2.05) is 34.6 Å². The molecule has 0 saturated carbocycles. The zero-order chi connectivity index (χ0) is 28.5. The molecule has 0 spiro atoms. The molecule has 0 aromatic heterocycles. The van der Waals surface area contributed by atoms with Crippen LogP contribution in [0.1, 0.15) is 102 Å².